The van der Waals surface area contributed by atoms with Crippen LogP contribution >= 0.6 is 0 Å². The lowest BCUT2D eigenvalue weighted by molar-refractivity contribution is 0.0905. The summed E-state index contributed by atoms with van der Waals surface area (Å²) >= 11 is 0. The number of nitrogens with zero attached hydrogens (tertiary/aromatic N) is 1. The van der Waals surface area contributed by atoms with Crippen molar-refractivity contribution in [1.82, 2.24) is 4.57 Å². The zero-order chi connectivity index (χ0) is 18.6. The van der Waals surface area contributed by atoms with Crippen LogP contribution in [0.4, 0.5) is 0 Å². The standard InChI is InChI=1S/C23H45NSi/c1-16(2)24(23(4,5)6)25(7,8)22-17(3)13-20-14-18-11-9-10-12-19(18)15-21(20)22/h16-22H,9-15H2,1-8H3. The number of fused-ring (bicyclic) bond motifs is 2. The maximum absolute atomic E-state index is 2.98. The summed E-state index contributed by atoms with van der Waals surface area (Å²) < 4.78 is 2.98. The molecule has 6 atom stereocenters. The molecule has 3 fully saturated rings. The van der Waals surface area contributed by atoms with Gasteiger partial charge in [0, 0.05) is 5.54 Å². The SMILES string of the molecule is CC1CC2CC3CCCCC3CC2C1[Si](C)(C)N(C(C)C)C(C)(C)C. The molecule has 0 radical (unpaired) electrons. The summed E-state index contributed by atoms with van der Waals surface area (Å²) in [5.74, 6) is 5.21. The molecular weight excluding hydrogens is 318 g/mol. The molecular formula is C23H45NSi. The topological polar surface area (TPSA) is 3.24 Å². The van der Waals surface area contributed by atoms with Crippen molar-refractivity contribution in [3.8, 4) is 0 Å². The summed E-state index contributed by atoms with van der Waals surface area (Å²) in [6, 6.07) is 0.666. The molecule has 2 heteroatoms. The summed E-state index contributed by atoms with van der Waals surface area (Å²) in [4.78, 5) is 0. The molecule has 0 bridgehead atoms. The van der Waals surface area contributed by atoms with Crippen molar-refractivity contribution < 1.29 is 0 Å². The molecule has 0 N–H and O–H groups in total. The second-order valence-electron chi connectivity index (χ2n) is 11.7. The van der Waals surface area contributed by atoms with Crippen LogP contribution in [0.5, 0.6) is 0 Å². The molecule has 3 saturated carbocycles. The normalized spacial score (nSPS) is 39.6. The van der Waals surface area contributed by atoms with E-state index in [2.05, 4.69) is 59.2 Å². The third-order valence-corrected chi connectivity index (χ3v) is 13.3. The molecule has 3 rings (SSSR count). The molecule has 3 aliphatic carbocycles. The molecule has 1 nitrogen and oxygen atoms in total. The van der Waals surface area contributed by atoms with Crippen molar-refractivity contribution >= 4 is 8.24 Å². The molecule has 0 aromatic heterocycles. The van der Waals surface area contributed by atoms with Crippen molar-refractivity contribution in [3.05, 3.63) is 0 Å². The molecule has 25 heavy (non-hydrogen) atoms. The van der Waals surface area contributed by atoms with Gasteiger partial charge < -0.3 is 4.57 Å². The first-order valence-corrected chi connectivity index (χ1v) is 14.4. The van der Waals surface area contributed by atoms with Crippen LogP contribution in [0.2, 0.25) is 18.6 Å². The minimum atomic E-state index is -1.49. The van der Waals surface area contributed by atoms with Gasteiger partial charge in [-0.05, 0) is 81.2 Å². The number of rotatable bonds is 3. The van der Waals surface area contributed by atoms with Gasteiger partial charge in [-0.25, -0.2) is 0 Å². The van der Waals surface area contributed by atoms with Gasteiger partial charge in [0.05, 0.1) is 0 Å². The van der Waals surface area contributed by atoms with Crippen LogP contribution in [-0.4, -0.2) is 24.4 Å². The van der Waals surface area contributed by atoms with E-state index in [-0.39, 0.29) is 0 Å². The van der Waals surface area contributed by atoms with E-state index in [1.807, 2.05) is 0 Å². The Kier molecular flexibility index (Phi) is 5.55. The third kappa shape index (κ3) is 3.64. The van der Waals surface area contributed by atoms with E-state index in [0.29, 0.717) is 11.6 Å². The Hall–Kier alpha value is 0.177. The Morgan fingerprint density at radius 1 is 0.880 bits per heavy atom. The molecule has 3 aliphatic rings. The predicted molar refractivity (Wildman–Crippen MR) is 113 cm³/mol. The summed E-state index contributed by atoms with van der Waals surface area (Å²) in [7, 11) is -1.49. The van der Waals surface area contributed by atoms with E-state index in [1.165, 1.54) is 19.3 Å². The zero-order valence-corrected chi connectivity index (χ0v) is 19.4. The maximum atomic E-state index is 2.98. The zero-order valence-electron chi connectivity index (χ0n) is 18.4. The lowest BCUT2D eigenvalue weighted by Crippen LogP contribution is -2.64. The van der Waals surface area contributed by atoms with E-state index in [1.54, 1.807) is 25.7 Å². The maximum Gasteiger partial charge on any atom is 0.126 e. The largest absolute Gasteiger partial charge is 0.317 e. The lowest BCUT2D eigenvalue weighted by Gasteiger charge is -2.55. The van der Waals surface area contributed by atoms with Crippen molar-refractivity contribution in [1.29, 1.82) is 0 Å². The molecule has 0 heterocycles. The van der Waals surface area contributed by atoms with Crippen molar-refractivity contribution in [2.75, 3.05) is 0 Å². The highest BCUT2D eigenvalue weighted by atomic mass is 28.3. The van der Waals surface area contributed by atoms with Gasteiger partial charge in [-0.3, -0.25) is 0 Å². The highest BCUT2D eigenvalue weighted by Gasteiger charge is 2.56. The summed E-state index contributed by atoms with van der Waals surface area (Å²) in [5.41, 5.74) is 1.30. The van der Waals surface area contributed by atoms with Crippen LogP contribution in [0.1, 0.15) is 86.5 Å². The van der Waals surface area contributed by atoms with Crippen molar-refractivity contribution in [2.24, 2.45) is 29.6 Å². The van der Waals surface area contributed by atoms with Gasteiger partial charge in [-0.1, -0.05) is 59.5 Å². The van der Waals surface area contributed by atoms with Gasteiger partial charge in [0.15, 0.2) is 0 Å². The van der Waals surface area contributed by atoms with Crippen molar-refractivity contribution in [2.45, 2.75) is 117 Å². The minimum Gasteiger partial charge on any atom is -0.317 e. The van der Waals surface area contributed by atoms with Crippen molar-refractivity contribution in [3.63, 3.8) is 0 Å². The third-order valence-electron chi connectivity index (χ3n) is 8.28. The summed E-state index contributed by atoms with van der Waals surface area (Å²) in [5, 5.41) is 0. The molecule has 0 amide bonds. The van der Waals surface area contributed by atoms with Crippen LogP contribution in [0.3, 0.4) is 0 Å². The van der Waals surface area contributed by atoms with Crippen LogP contribution < -0.4 is 0 Å². The first kappa shape index (κ1) is 19.9. The van der Waals surface area contributed by atoms with Crippen LogP contribution in [0.15, 0.2) is 0 Å². The second kappa shape index (κ2) is 6.97. The lowest BCUT2D eigenvalue weighted by atomic mass is 9.64. The highest BCUT2D eigenvalue weighted by molar-refractivity contribution is 6.76. The fraction of sp³-hybridized carbons (Fsp3) is 1.00. The molecule has 6 unspecified atom stereocenters. The Labute approximate surface area is 159 Å². The van der Waals surface area contributed by atoms with Gasteiger partial charge in [0.2, 0.25) is 0 Å². The molecule has 0 aromatic rings. The Balaban J connectivity index is 1.87. The van der Waals surface area contributed by atoms with Crippen LogP contribution in [-0.2, 0) is 0 Å². The van der Waals surface area contributed by atoms with E-state index in [0.717, 1.165) is 35.1 Å². The Morgan fingerprint density at radius 3 is 1.96 bits per heavy atom. The summed E-state index contributed by atoms with van der Waals surface area (Å²) in [6.45, 7) is 20.3. The average molecular weight is 364 g/mol. The molecule has 146 valence electrons. The van der Waals surface area contributed by atoms with Crippen LogP contribution in [0, 0.1) is 29.6 Å². The smallest absolute Gasteiger partial charge is 0.126 e. The van der Waals surface area contributed by atoms with Gasteiger partial charge in [0.25, 0.3) is 0 Å². The summed E-state index contributed by atoms with van der Waals surface area (Å²) in [6.07, 6.45) is 10.8. The van der Waals surface area contributed by atoms with Gasteiger partial charge >= 0.3 is 0 Å². The molecule has 0 saturated heterocycles. The van der Waals surface area contributed by atoms with Gasteiger partial charge in [0.1, 0.15) is 8.24 Å². The fourth-order valence-electron chi connectivity index (χ4n) is 8.45. The second-order valence-corrected chi connectivity index (χ2v) is 16.2. The average Bonchev–Trinajstić information content (AvgIpc) is 2.77. The van der Waals surface area contributed by atoms with Gasteiger partial charge in [-0.15, -0.1) is 0 Å². The first-order valence-electron chi connectivity index (χ1n) is 11.3. The number of hydrogen-bond acceptors (Lipinski definition) is 1. The van der Waals surface area contributed by atoms with E-state index >= 15 is 0 Å². The quantitative estimate of drug-likeness (QED) is 0.491. The predicted octanol–water partition coefficient (Wildman–Crippen LogP) is 6.94. The monoisotopic (exact) mass is 363 g/mol. The minimum absolute atomic E-state index is 0.295. The molecule has 0 spiro atoms. The Bertz CT molecular complexity index is 463. The molecule has 0 aromatic carbocycles. The van der Waals surface area contributed by atoms with E-state index < -0.39 is 8.24 Å². The van der Waals surface area contributed by atoms with Crippen LogP contribution in [0.25, 0.3) is 0 Å². The first-order chi connectivity index (χ1) is 11.5. The molecule has 0 aliphatic heterocycles. The number of hydrogen-bond donors (Lipinski definition) is 0. The fourth-order valence-corrected chi connectivity index (χ4v) is 14.8. The highest BCUT2D eigenvalue weighted by Crippen LogP contribution is 2.60. The Morgan fingerprint density at radius 2 is 1.44 bits per heavy atom. The van der Waals surface area contributed by atoms with Gasteiger partial charge in [-0.2, -0.15) is 0 Å². The van der Waals surface area contributed by atoms with E-state index in [9.17, 15) is 0 Å². The van der Waals surface area contributed by atoms with E-state index in [4.69, 9.17) is 0 Å².